The van der Waals surface area contributed by atoms with Crippen molar-refractivity contribution in [2.24, 2.45) is 0 Å². The van der Waals surface area contributed by atoms with Gasteiger partial charge in [-0.2, -0.15) is 0 Å². The fraction of sp³-hybridized carbons (Fsp3) is 0.833. The highest BCUT2D eigenvalue weighted by atomic mass is 16.4. The van der Waals surface area contributed by atoms with Gasteiger partial charge in [-0.15, -0.1) is 0 Å². The van der Waals surface area contributed by atoms with Crippen LogP contribution in [-0.4, -0.2) is 35.1 Å². The number of hydrogen-bond donors (Lipinski definition) is 3. The molecule has 2 saturated carbocycles. The number of hydrogen-bond acceptors (Lipinski definition) is 3. The molecular formula is C12H20N2O3. The average molecular weight is 240 g/mol. The largest absolute Gasteiger partial charge is 0.480 e. The summed E-state index contributed by atoms with van der Waals surface area (Å²) in [4.78, 5) is 23.0. The molecule has 1 amide bonds. The highest BCUT2D eigenvalue weighted by Crippen LogP contribution is 2.28. The number of carbonyl (C=O) groups is 2. The molecule has 0 aromatic carbocycles. The maximum Gasteiger partial charge on any atom is 0.329 e. The van der Waals surface area contributed by atoms with Gasteiger partial charge >= 0.3 is 5.97 Å². The molecule has 0 spiro atoms. The van der Waals surface area contributed by atoms with E-state index in [4.69, 9.17) is 0 Å². The summed E-state index contributed by atoms with van der Waals surface area (Å²) < 4.78 is 0. The SMILES string of the molecule is O=C(CNC1CC1)NC1(C(=O)O)CCCCC1. The van der Waals surface area contributed by atoms with Crippen LogP contribution in [0, 0.1) is 0 Å². The van der Waals surface area contributed by atoms with E-state index in [0.717, 1.165) is 32.1 Å². The van der Waals surface area contributed by atoms with E-state index in [1.807, 2.05) is 0 Å². The Morgan fingerprint density at radius 3 is 2.35 bits per heavy atom. The molecule has 0 unspecified atom stereocenters. The van der Waals surface area contributed by atoms with Gasteiger partial charge in [-0.3, -0.25) is 4.79 Å². The highest BCUT2D eigenvalue weighted by molar-refractivity contribution is 5.88. The third-order valence-electron chi connectivity index (χ3n) is 3.62. The molecule has 5 nitrogen and oxygen atoms in total. The zero-order valence-electron chi connectivity index (χ0n) is 10.00. The van der Waals surface area contributed by atoms with E-state index >= 15 is 0 Å². The summed E-state index contributed by atoms with van der Waals surface area (Å²) in [5.74, 6) is -1.09. The maximum absolute atomic E-state index is 11.7. The minimum absolute atomic E-state index is 0.193. The molecule has 2 aliphatic carbocycles. The first-order chi connectivity index (χ1) is 8.12. The van der Waals surface area contributed by atoms with Crippen molar-refractivity contribution in [3.8, 4) is 0 Å². The Morgan fingerprint density at radius 2 is 1.82 bits per heavy atom. The standard InChI is InChI=1S/C12H20N2O3/c15-10(8-13-9-4-5-9)14-12(11(16)17)6-2-1-3-7-12/h9,13H,1-8H2,(H,14,15)(H,16,17). The van der Waals surface area contributed by atoms with E-state index in [2.05, 4.69) is 10.6 Å². The van der Waals surface area contributed by atoms with Crippen molar-refractivity contribution < 1.29 is 14.7 Å². The van der Waals surface area contributed by atoms with Gasteiger partial charge in [-0.1, -0.05) is 19.3 Å². The second kappa shape index (κ2) is 5.04. The fourth-order valence-electron chi connectivity index (χ4n) is 2.38. The minimum Gasteiger partial charge on any atom is -0.480 e. The molecule has 0 aromatic heterocycles. The molecule has 2 rings (SSSR count). The zero-order chi connectivity index (χ0) is 12.3. The van der Waals surface area contributed by atoms with Crippen LogP contribution in [0.4, 0.5) is 0 Å². The summed E-state index contributed by atoms with van der Waals surface area (Å²) >= 11 is 0. The average Bonchev–Trinajstić information content (AvgIpc) is 3.11. The normalized spacial score (nSPS) is 23.1. The molecule has 0 radical (unpaired) electrons. The van der Waals surface area contributed by atoms with Crippen LogP contribution in [0.25, 0.3) is 0 Å². The predicted octanol–water partition coefficient (Wildman–Crippen LogP) is 0.642. The molecule has 0 atom stereocenters. The van der Waals surface area contributed by atoms with E-state index in [9.17, 15) is 14.7 Å². The number of carboxylic acids is 1. The van der Waals surface area contributed by atoms with Crippen molar-refractivity contribution in [2.75, 3.05) is 6.54 Å². The van der Waals surface area contributed by atoms with Gasteiger partial charge in [0.15, 0.2) is 0 Å². The molecular weight excluding hydrogens is 220 g/mol. The monoisotopic (exact) mass is 240 g/mol. The summed E-state index contributed by atoms with van der Waals surface area (Å²) in [6.45, 7) is 0.236. The van der Waals surface area contributed by atoms with Gasteiger partial charge in [0.2, 0.25) is 5.91 Å². The topological polar surface area (TPSA) is 78.4 Å². The highest BCUT2D eigenvalue weighted by Gasteiger charge is 2.40. The molecule has 0 aromatic rings. The second-order valence-electron chi connectivity index (χ2n) is 5.15. The third-order valence-corrected chi connectivity index (χ3v) is 3.62. The molecule has 96 valence electrons. The number of amides is 1. The Balaban J connectivity index is 1.86. The van der Waals surface area contributed by atoms with Crippen LogP contribution in [0.3, 0.4) is 0 Å². The molecule has 2 aliphatic rings. The number of rotatable bonds is 5. The zero-order valence-corrected chi connectivity index (χ0v) is 10.00. The fourth-order valence-corrected chi connectivity index (χ4v) is 2.38. The second-order valence-corrected chi connectivity index (χ2v) is 5.15. The third kappa shape index (κ3) is 3.19. The van der Waals surface area contributed by atoms with Gasteiger partial charge in [-0.25, -0.2) is 4.79 Å². The molecule has 0 saturated heterocycles. The van der Waals surface area contributed by atoms with Gasteiger partial charge < -0.3 is 15.7 Å². The first kappa shape index (κ1) is 12.4. The van der Waals surface area contributed by atoms with E-state index in [0.29, 0.717) is 18.9 Å². The van der Waals surface area contributed by atoms with E-state index in [1.54, 1.807) is 0 Å². The molecule has 0 aliphatic heterocycles. The van der Waals surface area contributed by atoms with Crippen LogP contribution in [0.5, 0.6) is 0 Å². The first-order valence-corrected chi connectivity index (χ1v) is 6.40. The number of carbonyl (C=O) groups excluding carboxylic acids is 1. The number of aliphatic carboxylic acids is 1. The lowest BCUT2D eigenvalue weighted by Crippen LogP contribution is -2.57. The molecule has 5 heteroatoms. The molecule has 0 heterocycles. The van der Waals surface area contributed by atoms with E-state index < -0.39 is 11.5 Å². The van der Waals surface area contributed by atoms with Crippen LogP contribution in [0.1, 0.15) is 44.9 Å². The van der Waals surface area contributed by atoms with Crippen LogP contribution < -0.4 is 10.6 Å². The molecule has 2 fully saturated rings. The van der Waals surface area contributed by atoms with Gasteiger partial charge in [-0.05, 0) is 25.7 Å². The Hall–Kier alpha value is -1.10. The van der Waals surface area contributed by atoms with Crippen molar-refractivity contribution in [1.82, 2.24) is 10.6 Å². The summed E-state index contributed by atoms with van der Waals surface area (Å²) in [6, 6.07) is 0.466. The van der Waals surface area contributed by atoms with Gasteiger partial charge in [0.1, 0.15) is 5.54 Å². The van der Waals surface area contributed by atoms with Crippen molar-refractivity contribution in [1.29, 1.82) is 0 Å². The Morgan fingerprint density at radius 1 is 1.18 bits per heavy atom. The van der Waals surface area contributed by atoms with Crippen molar-refractivity contribution in [3.63, 3.8) is 0 Å². The van der Waals surface area contributed by atoms with Crippen LogP contribution in [0.2, 0.25) is 0 Å². The number of carboxylic acid groups (broad SMARTS) is 1. The first-order valence-electron chi connectivity index (χ1n) is 6.40. The van der Waals surface area contributed by atoms with Gasteiger partial charge in [0, 0.05) is 6.04 Å². The van der Waals surface area contributed by atoms with Gasteiger partial charge in [0.05, 0.1) is 6.54 Å². The summed E-state index contributed by atoms with van der Waals surface area (Å²) in [5.41, 5.74) is -1.01. The summed E-state index contributed by atoms with van der Waals surface area (Å²) in [5, 5.41) is 15.1. The van der Waals surface area contributed by atoms with Crippen molar-refractivity contribution in [3.05, 3.63) is 0 Å². The van der Waals surface area contributed by atoms with Crippen LogP contribution >= 0.6 is 0 Å². The van der Waals surface area contributed by atoms with Crippen LogP contribution in [-0.2, 0) is 9.59 Å². The predicted molar refractivity (Wildman–Crippen MR) is 62.6 cm³/mol. The van der Waals surface area contributed by atoms with E-state index in [-0.39, 0.29) is 12.5 Å². The summed E-state index contributed by atoms with van der Waals surface area (Å²) in [6.07, 6.45) is 6.17. The quantitative estimate of drug-likeness (QED) is 0.659. The van der Waals surface area contributed by atoms with Gasteiger partial charge in [0.25, 0.3) is 0 Å². The van der Waals surface area contributed by atoms with Crippen LogP contribution in [0.15, 0.2) is 0 Å². The van der Waals surface area contributed by atoms with Crippen molar-refractivity contribution in [2.45, 2.75) is 56.5 Å². The molecule has 0 bridgehead atoms. The Labute approximate surface area is 101 Å². The Kier molecular flexibility index (Phi) is 3.66. The Bertz CT molecular complexity index is 307. The summed E-state index contributed by atoms with van der Waals surface area (Å²) in [7, 11) is 0. The molecule has 17 heavy (non-hydrogen) atoms. The minimum atomic E-state index is -1.01. The number of nitrogens with one attached hydrogen (secondary N) is 2. The van der Waals surface area contributed by atoms with Crippen molar-refractivity contribution >= 4 is 11.9 Å². The lowest BCUT2D eigenvalue weighted by molar-refractivity contribution is -0.149. The molecule has 3 N–H and O–H groups in total. The smallest absolute Gasteiger partial charge is 0.329 e. The lowest BCUT2D eigenvalue weighted by Gasteiger charge is -2.34. The maximum atomic E-state index is 11.7. The lowest BCUT2D eigenvalue weighted by atomic mass is 9.81. The van der Waals surface area contributed by atoms with E-state index in [1.165, 1.54) is 0 Å².